The summed E-state index contributed by atoms with van der Waals surface area (Å²) in [6.45, 7) is 0. The maximum atomic E-state index is 0. The third-order valence-electron chi connectivity index (χ3n) is 0. The molecule has 0 rings (SSSR count). The number of rotatable bonds is 0. The van der Waals surface area contributed by atoms with E-state index in [1.807, 2.05) is 0 Å². The molecule has 0 aromatic carbocycles. The first kappa shape index (κ1) is 114. The first-order chi connectivity index (χ1) is 0. The van der Waals surface area contributed by atoms with Crippen LogP contribution in [0.2, 0.25) is 0 Å². The van der Waals surface area contributed by atoms with Crippen molar-refractivity contribution in [3.05, 3.63) is 0 Å². The molecule has 0 heterocycles. The molecule has 0 saturated carbocycles. The molecule has 1 unspecified atom stereocenters. The summed E-state index contributed by atoms with van der Waals surface area (Å²) in [5.74, 6) is 0. The van der Waals surface area contributed by atoms with E-state index in [1.54, 1.807) is 0 Å². The predicted molar refractivity (Wildman–Crippen MR) is 57.2 cm³/mol. The Morgan fingerprint density at radius 3 is 0.833 bits per heavy atom. The van der Waals surface area contributed by atoms with Crippen molar-refractivity contribution in [3.63, 3.8) is 0 Å². The Balaban J connectivity index is 0. The van der Waals surface area contributed by atoms with Crippen LogP contribution in [0.5, 0.6) is 0 Å². The van der Waals surface area contributed by atoms with Gasteiger partial charge < -0.3 is 2.85 Å². The van der Waals surface area contributed by atoms with Gasteiger partial charge in [0.2, 0.25) is 0 Å². The van der Waals surface area contributed by atoms with Crippen molar-refractivity contribution in [1.82, 2.24) is 0 Å². The van der Waals surface area contributed by atoms with Crippen LogP contribution >= 0.6 is 47.4 Å². The molecule has 0 fully saturated rings. The largest absolute Gasteiger partial charge is 1.00 e. The Kier molecular flexibility index (Phi) is 924. The van der Waals surface area contributed by atoms with Crippen LogP contribution in [0.3, 0.4) is 0 Å². The van der Waals surface area contributed by atoms with Crippen LogP contribution in [-0.4, -0.2) is 0 Å². The van der Waals surface area contributed by atoms with E-state index in [2.05, 4.69) is 0 Å². The molecular weight excluding hydrogens is 952 g/mol. The molecule has 0 amide bonds. The molecule has 1 atom stereocenters. The Labute approximate surface area is 262 Å². The zero-order valence-corrected chi connectivity index (χ0v) is 28.5. The third-order valence-corrected chi connectivity index (χ3v) is 0. The zero-order valence-electron chi connectivity index (χ0n) is 7.83. The molecule has 0 aliphatic rings. The van der Waals surface area contributed by atoms with E-state index in [4.69, 9.17) is 0 Å². The topological polar surface area (TPSA) is 0 Å². The van der Waals surface area contributed by atoms with E-state index in [-0.39, 0.29) is 270 Å². The molecule has 0 aromatic rings. The summed E-state index contributed by atoms with van der Waals surface area (Å²) in [5.41, 5.74) is 0. The Morgan fingerprint density at radius 2 is 0.833 bits per heavy atom. The van der Waals surface area contributed by atoms with Crippen LogP contribution < -0.4 is 103 Å². The van der Waals surface area contributed by atoms with Crippen LogP contribution in [0.1, 0.15) is 19.1 Å². The fourth-order valence-corrected chi connectivity index (χ4v) is 0. The van der Waals surface area contributed by atoms with Crippen LogP contribution in [0, 0.1) is 0 Å². The minimum Gasteiger partial charge on any atom is -1.00 e. The Morgan fingerprint density at radius 1 is 0.833 bits per heavy atom. The van der Waals surface area contributed by atoms with Gasteiger partial charge in [0.1, 0.15) is 0 Å². The maximum Gasteiger partial charge on any atom is 1.00 e. The summed E-state index contributed by atoms with van der Waals surface area (Å²) < 4.78 is 0. The van der Waals surface area contributed by atoms with Crippen LogP contribution in [0.15, 0.2) is 0 Å². The molecule has 0 nitrogen and oxygen atoms in total. The second-order valence-electron chi connectivity index (χ2n) is 0. The summed E-state index contributed by atoms with van der Waals surface area (Å²) in [7, 11) is 0. The summed E-state index contributed by atoms with van der Waals surface area (Å²) in [5, 5.41) is 0. The molecule has 0 aromatic heterocycles. The molecule has 1 radical (unpaired) electrons. The monoisotopic (exact) mass is 972 g/mol. The number of halogens is 2. The fourth-order valence-electron chi connectivity index (χ4n) is 0. The quantitative estimate of drug-likeness (QED) is 0.136. The maximum absolute atomic E-state index is 0. The van der Waals surface area contributed by atoms with Gasteiger partial charge in [-0.05, 0) is 0 Å². The third kappa shape index (κ3) is 82.0. The summed E-state index contributed by atoms with van der Waals surface area (Å²) >= 11 is 0. The van der Waals surface area contributed by atoms with E-state index >= 15 is 0 Å². The van der Waals surface area contributed by atoms with Crippen LogP contribution in [-0.2, 0) is 95.9 Å². The number of hydrogen-bond acceptors (Lipinski definition) is 0. The van der Waals surface area contributed by atoms with Crippen LogP contribution in [0.25, 0.3) is 0 Å². The average molecular weight is 972 g/mol. The zero-order chi connectivity index (χ0) is 0. The van der Waals surface area contributed by atoms with Gasteiger partial charge in [-0.25, -0.2) is 0 Å². The van der Waals surface area contributed by atoms with Crippen molar-refractivity contribution >= 4 is 47.4 Å². The van der Waals surface area contributed by atoms with Crippen molar-refractivity contribution in [3.8, 4) is 0 Å². The molecule has 75 valence electrons. The molecule has 10 heteroatoms. The van der Waals surface area contributed by atoms with E-state index in [9.17, 15) is 0 Å². The first-order valence-corrected chi connectivity index (χ1v) is 0. The molecule has 0 bridgehead atoms. The SMILES string of the molecule is C.C.F.I.P.S.[2HH].[H-].[H-].[K+].[K+].[W].[W].[W].[Y]. The summed E-state index contributed by atoms with van der Waals surface area (Å²) in [6, 6.07) is 0. The molecular formula is C2H19FIK2PSW3Y. The van der Waals surface area contributed by atoms with Crippen LogP contribution in [0.4, 0.5) is 4.70 Å². The standard InChI is InChI=1S/2CH4.FH.HI.2K.H3P.H2S.3W.Y.H2.2H/h2*1H4;2*1H;;;1H3;1H2;;;;;1H;;/q;;;;2*+1;;;;;;;;2*-1/i;;;;;;;;;;;;1+1;;. The van der Waals surface area contributed by atoms with Crippen molar-refractivity contribution in [2.45, 2.75) is 14.9 Å². The Bertz CT molecular complexity index is 45.1. The van der Waals surface area contributed by atoms with Crippen molar-refractivity contribution < 1.29 is 208 Å². The van der Waals surface area contributed by atoms with Crippen molar-refractivity contribution in [1.29, 1.82) is 0 Å². The van der Waals surface area contributed by atoms with Crippen molar-refractivity contribution in [2.24, 2.45) is 0 Å². The summed E-state index contributed by atoms with van der Waals surface area (Å²) in [4.78, 5) is 0. The smallest absolute Gasteiger partial charge is 1.00 e. The molecule has 0 aliphatic carbocycles. The van der Waals surface area contributed by atoms with Gasteiger partial charge in [0.05, 0.1) is 0 Å². The van der Waals surface area contributed by atoms with Crippen molar-refractivity contribution in [2.75, 3.05) is 0 Å². The van der Waals surface area contributed by atoms with Gasteiger partial charge in [0.25, 0.3) is 0 Å². The van der Waals surface area contributed by atoms with Gasteiger partial charge in [-0.1, -0.05) is 14.9 Å². The van der Waals surface area contributed by atoms with E-state index in [0.29, 0.717) is 0 Å². The molecule has 0 saturated heterocycles. The first-order valence-electron chi connectivity index (χ1n) is 0. The number of hydrogen-bond donors (Lipinski definition) is 0. The van der Waals surface area contributed by atoms with Gasteiger partial charge in [0.15, 0.2) is 0 Å². The van der Waals surface area contributed by atoms with Gasteiger partial charge in [-0.3, -0.25) is 4.70 Å². The van der Waals surface area contributed by atoms with Gasteiger partial charge in [-0.15, -0.1) is 24.0 Å². The molecule has 12 heavy (non-hydrogen) atoms. The normalized spacial score (nSPS) is 0. The van der Waals surface area contributed by atoms with E-state index in [0.717, 1.165) is 0 Å². The van der Waals surface area contributed by atoms with Gasteiger partial charge >= 0.3 is 103 Å². The summed E-state index contributed by atoms with van der Waals surface area (Å²) in [6.07, 6.45) is 0. The predicted octanol–water partition coefficient (Wildman–Crippen LogP) is -3.32. The molecule has 0 aliphatic heterocycles. The van der Waals surface area contributed by atoms with Gasteiger partial charge in [0, 0.05) is 97.3 Å². The minimum absolute atomic E-state index is 0. The van der Waals surface area contributed by atoms with Gasteiger partial charge in [-0.2, -0.15) is 23.4 Å². The average Bonchev–Trinajstić information content (AvgIpc) is 0. The Hall–Kier alpha value is 7.88. The second-order valence-corrected chi connectivity index (χ2v) is 0. The van der Waals surface area contributed by atoms with E-state index in [1.165, 1.54) is 0 Å². The minimum atomic E-state index is 0. The van der Waals surface area contributed by atoms with E-state index < -0.39 is 0 Å². The molecule has 0 N–H and O–H groups in total. The molecule has 0 spiro atoms. The second kappa shape index (κ2) is 97.2. The fraction of sp³-hybridized carbons (Fsp3) is 1.00.